The summed E-state index contributed by atoms with van der Waals surface area (Å²) in [6, 6.07) is 8.87. The van der Waals surface area contributed by atoms with Crippen LogP contribution in [0.15, 0.2) is 29.1 Å². The van der Waals surface area contributed by atoms with Crippen molar-refractivity contribution in [3.05, 3.63) is 34.7 Å². The largest absolute Gasteiger partial charge is 0.393 e. The SMILES string of the molecule is O=c1[nH]c2ccccc2n1C1CCN([C@H]2CC[C@@H](O)CC2)CC1. The first-order valence-electron chi connectivity index (χ1n) is 8.84. The molecule has 1 aromatic heterocycles. The number of aliphatic hydroxyl groups excluding tert-OH is 1. The van der Waals surface area contributed by atoms with Crippen LogP contribution in [-0.2, 0) is 0 Å². The van der Waals surface area contributed by atoms with Gasteiger partial charge in [-0.05, 0) is 50.7 Å². The van der Waals surface area contributed by atoms with E-state index in [2.05, 4.69) is 9.88 Å². The maximum Gasteiger partial charge on any atom is 0.326 e. The van der Waals surface area contributed by atoms with E-state index in [0.717, 1.165) is 62.6 Å². The van der Waals surface area contributed by atoms with Crippen molar-refractivity contribution in [2.45, 2.75) is 56.7 Å². The molecule has 5 nitrogen and oxygen atoms in total. The summed E-state index contributed by atoms with van der Waals surface area (Å²) in [5.74, 6) is 0. The van der Waals surface area contributed by atoms with Gasteiger partial charge in [0, 0.05) is 25.2 Å². The molecule has 1 aromatic carbocycles. The number of aromatic amines is 1. The first-order chi connectivity index (χ1) is 11.2. The zero-order chi connectivity index (χ0) is 15.8. The van der Waals surface area contributed by atoms with E-state index in [1.165, 1.54) is 0 Å². The minimum absolute atomic E-state index is 0.0189. The Morgan fingerprint density at radius 2 is 1.65 bits per heavy atom. The molecule has 0 atom stereocenters. The molecule has 2 aromatic rings. The number of aliphatic hydroxyl groups is 1. The van der Waals surface area contributed by atoms with Crippen molar-refractivity contribution in [3.8, 4) is 0 Å². The second-order valence-electron chi connectivity index (χ2n) is 7.05. The molecule has 1 aliphatic carbocycles. The maximum atomic E-state index is 12.3. The number of hydrogen-bond donors (Lipinski definition) is 2. The fourth-order valence-corrected chi connectivity index (χ4v) is 4.37. The van der Waals surface area contributed by atoms with Crippen LogP contribution < -0.4 is 5.69 Å². The predicted octanol–water partition coefficient (Wildman–Crippen LogP) is 2.27. The van der Waals surface area contributed by atoms with Crippen LogP contribution in [0.4, 0.5) is 0 Å². The molecular weight excluding hydrogens is 290 g/mol. The molecule has 5 heteroatoms. The minimum Gasteiger partial charge on any atom is -0.393 e. The summed E-state index contributed by atoms with van der Waals surface area (Å²) in [7, 11) is 0. The van der Waals surface area contributed by atoms with E-state index in [1.54, 1.807) is 0 Å². The highest BCUT2D eigenvalue weighted by atomic mass is 16.3. The number of benzene rings is 1. The van der Waals surface area contributed by atoms with Crippen molar-refractivity contribution < 1.29 is 5.11 Å². The maximum absolute atomic E-state index is 12.3. The first-order valence-corrected chi connectivity index (χ1v) is 8.84. The highest BCUT2D eigenvalue weighted by Crippen LogP contribution is 2.30. The quantitative estimate of drug-likeness (QED) is 0.894. The van der Waals surface area contributed by atoms with Gasteiger partial charge >= 0.3 is 5.69 Å². The van der Waals surface area contributed by atoms with Crippen LogP contribution in [0.25, 0.3) is 11.0 Å². The molecule has 4 rings (SSSR count). The Balaban J connectivity index is 1.47. The molecule has 2 heterocycles. The van der Waals surface area contributed by atoms with E-state index in [4.69, 9.17) is 0 Å². The number of H-pyrrole nitrogens is 1. The number of hydrogen-bond acceptors (Lipinski definition) is 3. The van der Waals surface area contributed by atoms with Crippen LogP contribution in [0.2, 0.25) is 0 Å². The Bertz CT molecular complexity index is 719. The Morgan fingerprint density at radius 3 is 2.39 bits per heavy atom. The number of para-hydroxylation sites is 2. The molecule has 0 spiro atoms. The average molecular weight is 315 g/mol. The molecule has 23 heavy (non-hydrogen) atoms. The molecule has 1 saturated carbocycles. The van der Waals surface area contributed by atoms with E-state index in [-0.39, 0.29) is 11.8 Å². The number of aromatic nitrogens is 2. The Kier molecular flexibility index (Phi) is 3.99. The van der Waals surface area contributed by atoms with Gasteiger partial charge in [-0.15, -0.1) is 0 Å². The number of likely N-dealkylation sites (tertiary alicyclic amines) is 1. The van der Waals surface area contributed by atoms with Crippen molar-refractivity contribution in [1.82, 2.24) is 14.5 Å². The molecule has 0 bridgehead atoms. The lowest BCUT2D eigenvalue weighted by atomic mass is 9.90. The van der Waals surface area contributed by atoms with Crippen LogP contribution in [0.1, 0.15) is 44.6 Å². The van der Waals surface area contributed by atoms with Gasteiger partial charge in [0.25, 0.3) is 0 Å². The summed E-state index contributed by atoms with van der Waals surface area (Å²) in [4.78, 5) is 17.9. The summed E-state index contributed by atoms with van der Waals surface area (Å²) < 4.78 is 1.96. The van der Waals surface area contributed by atoms with E-state index in [1.807, 2.05) is 28.8 Å². The molecule has 1 aliphatic heterocycles. The number of piperidine rings is 1. The lowest BCUT2D eigenvalue weighted by molar-refractivity contribution is 0.0571. The van der Waals surface area contributed by atoms with Gasteiger partial charge in [-0.2, -0.15) is 0 Å². The van der Waals surface area contributed by atoms with E-state index >= 15 is 0 Å². The van der Waals surface area contributed by atoms with Gasteiger partial charge in [0.2, 0.25) is 0 Å². The summed E-state index contributed by atoms with van der Waals surface area (Å²) in [6.07, 6.45) is 6.06. The standard InChI is InChI=1S/C18H25N3O2/c22-15-7-5-13(6-8-15)20-11-9-14(10-12-20)21-17-4-2-1-3-16(17)19-18(21)23/h1-4,13-15,22H,5-12H2,(H,19,23)/t13-,15+. The van der Waals surface area contributed by atoms with E-state index in [0.29, 0.717) is 12.1 Å². The summed E-state index contributed by atoms with van der Waals surface area (Å²) in [5.41, 5.74) is 1.98. The van der Waals surface area contributed by atoms with Crippen LogP contribution >= 0.6 is 0 Å². The third-order valence-electron chi connectivity index (χ3n) is 5.67. The average Bonchev–Trinajstić information content (AvgIpc) is 2.91. The van der Waals surface area contributed by atoms with Crippen molar-refractivity contribution in [2.24, 2.45) is 0 Å². The number of nitrogens with zero attached hydrogens (tertiary/aromatic N) is 2. The fraction of sp³-hybridized carbons (Fsp3) is 0.611. The van der Waals surface area contributed by atoms with Gasteiger partial charge < -0.3 is 15.0 Å². The second-order valence-corrected chi connectivity index (χ2v) is 7.05. The Labute approximate surface area is 135 Å². The van der Waals surface area contributed by atoms with Gasteiger partial charge in [-0.1, -0.05) is 12.1 Å². The molecule has 2 fully saturated rings. The fourth-order valence-electron chi connectivity index (χ4n) is 4.37. The van der Waals surface area contributed by atoms with Crippen LogP contribution in [0, 0.1) is 0 Å². The van der Waals surface area contributed by atoms with Crippen LogP contribution in [0.3, 0.4) is 0 Å². The Morgan fingerprint density at radius 1 is 0.957 bits per heavy atom. The molecule has 1 saturated heterocycles. The van der Waals surface area contributed by atoms with E-state index in [9.17, 15) is 9.90 Å². The van der Waals surface area contributed by atoms with Crippen molar-refractivity contribution in [3.63, 3.8) is 0 Å². The molecular formula is C18H25N3O2. The number of fused-ring (bicyclic) bond motifs is 1. The summed E-state index contributed by atoms with van der Waals surface area (Å²) >= 11 is 0. The number of imidazole rings is 1. The zero-order valence-electron chi connectivity index (χ0n) is 13.4. The minimum atomic E-state index is -0.0893. The van der Waals surface area contributed by atoms with Gasteiger partial charge in [-0.3, -0.25) is 4.57 Å². The summed E-state index contributed by atoms with van der Waals surface area (Å²) in [5, 5.41) is 9.66. The molecule has 2 aliphatic rings. The predicted molar refractivity (Wildman–Crippen MR) is 90.7 cm³/mol. The monoisotopic (exact) mass is 315 g/mol. The number of rotatable bonds is 2. The van der Waals surface area contributed by atoms with Gasteiger partial charge in [0.05, 0.1) is 17.1 Å². The van der Waals surface area contributed by atoms with Crippen molar-refractivity contribution in [2.75, 3.05) is 13.1 Å². The smallest absolute Gasteiger partial charge is 0.326 e. The molecule has 0 amide bonds. The summed E-state index contributed by atoms with van der Waals surface area (Å²) in [6.45, 7) is 2.11. The third kappa shape index (κ3) is 2.83. The molecule has 0 unspecified atom stereocenters. The third-order valence-corrected chi connectivity index (χ3v) is 5.67. The normalized spacial score (nSPS) is 27.5. The lowest BCUT2D eigenvalue weighted by Gasteiger charge is -2.40. The van der Waals surface area contributed by atoms with E-state index < -0.39 is 0 Å². The lowest BCUT2D eigenvalue weighted by Crippen LogP contribution is -2.44. The van der Waals surface area contributed by atoms with Gasteiger partial charge in [0.15, 0.2) is 0 Å². The second kappa shape index (κ2) is 6.13. The topological polar surface area (TPSA) is 61.3 Å². The van der Waals surface area contributed by atoms with Crippen molar-refractivity contribution >= 4 is 11.0 Å². The number of nitrogens with one attached hydrogen (secondary N) is 1. The Hall–Kier alpha value is -1.59. The molecule has 124 valence electrons. The van der Waals surface area contributed by atoms with Gasteiger partial charge in [-0.25, -0.2) is 4.79 Å². The molecule has 2 N–H and O–H groups in total. The van der Waals surface area contributed by atoms with Crippen molar-refractivity contribution in [1.29, 1.82) is 0 Å². The molecule has 0 radical (unpaired) electrons. The van der Waals surface area contributed by atoms with Gasteiger partial charge in [0.1, 0.15) is 0 Å². The highest BCUT2D eigenvalue weighted by Gasteiger charge is 2.29. The highest BCUT2D eigenvalue weighted by molar-refractivity contribution is 5.75. The van der Waals surface area contributed by atoms with Crippen LogP contribution in [-0.4, -0.2) is 44.8 Å². The first kappa shape index (κ1) is 15.0. The zero-order valence-corrected chi connectivity index (χ0v) is 13.4. The van der Waals surface area contributed by atoms with Crippen LogP contribution in [0.5, 0.6) is 0 Å².